The number of carbonyl (C=O) groups excluding carboxylic acids is 2. The molecule has 0 amide bonds. The molecule has 2 aromatic rings. The van der Waals surface area contributed by atoms with E-state index < -0.39 is 24.6 Å². The Bertz CT molecular complexity index is 696. The fourth-order valence-corrected chi connectivity index (χ4v) is 2.20. The second-order valence-electron chi connectivity index (χ2n) is 5.51. The fraction of sp³-hybridized carbons (Fsp3) is 0.263. The molecule has 5 nitrogen and oxygen atoms in total. The van der Waals surface area contributed by atoms with Crippen molar-refractivity contribution in [3.05, 3.63) is 71.3 Å². The van der Waals surface area contributed by atoms with Gasteiger partial charge in [0, 0.05) is 11.1 Å². The summed E-state index contributed by atoms with van der Waals surface area (Å²) in [7, 11) is 0. The first-order valence-electron chi connectivity index (χ1n) is 7.68. The maximum atomic E-state index is 12.5. The Morgan fingerprint density at radius 3 is 2.38 bits per heavy atom. The Labute approximate surface area is 140 Å². The van der Waals surface area contributed by atoms with Gasteiger partial charge in [0.25, 0.3) is 0 Å². The molecule has 0 spiro atoms. The molecule has 0 fully saturated rings. The van der Waals surface area contributed by atoms with E-state index in [-0.39, 0.29) is 12.4 Å². The smallest absolute Gasteiger partial charge is 0.313 e. The van der Waals surface area contributed by atoms with E-state index in [1.807, 2.05) is 6.07 Å². The normalized spacial score (nSPS) is 13.1. The maximum absolute atomic E-state index is 12.5. The van der Waals surface area contributed by atoms with Crippen molar-refractivity contribution in [2.45, 2.75) is 18.9 Å². The van der Waals surface area contributed by atoms with Crippen LogP contribution in [0.25, 0.3) is 0 Å². The number of aliphatic hydroxyl groups is 2. The van der Waals surface area contributed by atoms with Crippen molar-refractivity contribution >= 4 is 11.8 Å². The Balaban J connectivity index is 2.12. The van der Waals surface area contributed by atoms with E-state index in [4.69, 9.17) is 9.84 Å². The molecule has 0 saturated carbocycles. The lowest BCUT2D eigenvalue weighted by Crippen LogP contribution is -2.24. The first-order valence-corrected chi connectivity index (χ1v) is 7.68. The Morgan fingerprint density at radius 2 is 1.71 bits per heavy atom. The monoisotopic (exact) mass is 328 g/mol. The third-order valence-corrected chi connectivity index (χ3v) is 3.67. The highest BCUT2D eigenvalue weighted by atomic mass is 16.5. The van der Waals surface area contributed by atoms with Crippen LogP contribution in [0.4, 0.5) is 0 Å². The quantitative estimate of drug-likeness (QED) is 0.599. The summed E-state index contributed by atoms with van der Waals surface area (Å²) in [4.78, 5) is 24.5. The molecule has 0 heterocycles. The van der Waals surface area contributed by atoms with Crippen molar-refractivity contribution in [3.63, 3.8) is 0 Å². The molecule has 0 saturated heterocycles. The van der Waals surface area contributed by atoms with Crippen LogP contribution in [-0.2, 0) is 9.53 Å². The third kappa shape index (κ3) is 4.50. The van der Waals surface area contributed by atoms with Gasteiger partial charge >= 0.3 is 5.97 Å². The number of carbonyl (C=O) groups is 2. The van der Waals surface area contributed by atoms with E-state index in [0.29, 0.717) is 16.7 Å². The van der Waals surface area contributed by atoms with Gasteiger partial charge in [0.15, 0.2) is 5.78 Å². The van der Waals surface area contributed by atoms with E-state index in [0.717, 1.165) is 0 Å². The highest BCUT2D eigenvalue weighted by Crippen LogP contribution is 2.20. The summed E-state index contributed by atoms with van der Waals surface area (Å²) in [5.74, 6) is -1.22. The topological polar surface area (TPSA) is 83.8 Å². The van der Waals surface area contributed by atoms with Gasteiger partial charge in [-0.05, 0) is 18.6 Å². The third-order valence-electron chi connectivity index (χ3n) is 3.67. The molecule has 0 aliphatic heterocycles. The van der Waals surface area contributed by atoms with Crippen LogP contribution in [0.5, 0.6) is 0 Å². The number of ketones is 1. The van der Waals surface area contributed by atoms with Crippen LogP contribution in [0.1, 0.15) is 34.3 Å². The molecule has 0 aliphatic carbocycles. The lowest BCUT2D eigenvalue weighted by atomic mass is 9.96. The molecule has 2 rings (SSSR count). The summed E-state index contributed by atoms with van der Waals surface area (Å²) in [6.45, 7) is 0.935. The van der Waals surface area contributed by atoms with E-state index in [1.54, 1.807) is 55.5 Å². The van der Waals surface area contributed by atoms with E-state index in [9.17, 15) is 14.7 Å². The summed E-state index contributed by atoms with van der Waals surface area (Å²) in [6.07, 6.45) is -1.09. The number of rotatable bonds is 7. The zero-order valence-electron chi connectivity index (χ0n) is 13.4. The molecule has 0 aliphatic rings. The standard InChI is InChI=1S/C19H20O5/c1-13(19(23)24-12-17(21)11-20)15-8-5-9-16(10-15)18(22)14-6-3-2-4-7-14/h2-10,13,17,20-21H,11-12H2,1H3/t13?,17-/m0/s1. The molecular weight excluding hydrogens is 308 g/mol. The second kappa shape index (κ2) is 8.38. The Hall–Kier alpha value is -2.50. The summed E-state index contributed by atoms with van der Waals surface area (Å²) in [6, 6.07) is 15.7. The molecule has 0 radical (unpaired) electrons. The summed E-state index contributed by atoms with van der Waals surface area (Å²) in [5, 5.41) is 18.0. The van der Waals surface area contributed by atoms with Gasteiger partial charge in [-0.25, -0.2) is 0 Å². The summed E-state index contributed by atoms with van der Waals surface area (Å²) >= 11 is 0. The first kappa shape index (κ1) is 17.8. The van der Waals surface area contributed by atoms with E-state index in [2.05, 4.69) is 0 Å². The average Bonchev–Trinajstić information content (AvgIpc) is 2.65. The highest BCUT2D eigenvalue weighted by Gasteiger charge is 2.19. The van der Waals surface area contributed by atoms with Crippen LogP contribution in [0.15, 0.2) is 54.6 Å². The molecule has 126 valence electrons. The van der Waals surface area contributed by atoms with Crippen LogP contribution in [0.3, 0.4) is 0 Å². The van der Waals surface area contributed by atoms with Gasteiger partial charge in [-0.15, -0.1) is 0 Å². The van der Waals surface area contributed by atoms with Gasteiger partial charge in [0.1, 0.15) is 12.7 Å². The average molecular weight is 328 g/mol. The Morgan fingerprint density at radius 1 is 1.04 bits per heavy atom. The van der Waals surface area contributed by atoms with Crippen LogP contribution in [0, 0.1) is 0 Å². The highest BCUT2D eigenvalue weighted by molar-refractivity contribution is 6.09. The molecule has 24 heavy (non-hydrogen) atoms. The summed E-state index contributed by atoms with van der Waals surface area (Å²) < 4.78 is 4.96. The van der Waals surface area contributed by atoms with Gasteiger partial charge in [0.05, 0.1) is 12.5 Å². The second-order valence-corrected chi connectivity index (χ2v) is 5.51. The van der Waals surface area contributed by atoms with Crippen molar-refractivity contribution < 1.29 is 24.5 Å². The number of hydrogen-bond acceptors (Lipinski definition) is 5. The summed E-state index contributed by atoms with van der Waals surface area (Å²) in [5.41, 5.74) is 1.73. The fourth-order valence-electron chi connectivity index (χ4n) is 2.20. The number of ether oxygens (including phenoxy) is 1. The minimum atomic E-state index is -1.09. The molecular formula is C19H20O5. The lowest BCUT2D eigenvalue weighted by molar-refractivity contribution is -0.148. The van der Waals surface area contributed by atoms with Crippen molar-refractivity contribution in [2.75, 3.05) is 13.2 Å². The zero-order chi connectivity index (χ0) is 17.5. The largest absolute Gasteiger partial charge is 0.462 e. The van der Waals surface area contributed by atoms with Crippen molar-refractivity contribution in [1.82, 2.24) is 0 Å². The van der Waals surface area contributed by atoms with Gasteiger partial charge in [-0.3, -0.25) is 9.59 Å². The SMILES string of the molecule is CC(C(=O)OC[C@@H](O)CO)c1cccc(C(=O)c2ccccc2)c1. The van der Waals surface area contributed by atoms with Crippen molar-refractivity contribution in [2.24, 2.45) is 0 Å². The van der Waals surface area contributed by atoms with Gasteiger partial charge in [0.2, 0.25) is 0 Å². The first-order chi connectivity index (χ1) is 11.5. The molecule has 1 unspecified atom stereocenters. The minimum absolute atomic E-state index is 0.117. The number of hydrogen-bond donors (Lipinski definition) is 2. The Kier molecular flexibility index (Phi) is 6.23. The van der Waals surface area contributed by atoms with Crippen LogP contribution in [-0.4, -0.2) is 41.3 Å². The van der Waals surface area contributed by atoms with Gasteiger partial charge in [-0.1, -0.05) is 48.5 Å². The predicted octanol–water partition coefficient (Wildman–Crippen LogP) is 1.92. The van der Waals surface area contributed by atoms with E-state index >= 15 is 0 Å². The predicted molar refractivity (Wildman–Crippen MR) is 88.8 cm³/mol. The van der Waals surface area contributed by atoms with Crippen LogP contribution >= 0.6 is 0 Å². The molecule has 5 heteroatoms. The van der Waals surface area contributed by atoms with E-state index in [1.165, 1.54) is 0 Å². The van der Waals surface area contributed by atoms with Gasteiger partial charge in [-0.2, -0.15) is 0 Å². The molecule has 2 atom stereocenters. The zero-order valence-corrected chi connectivity index (χ0v) is 13.4. The molecule has 2 N–H and O–H groups in total. The van der Waals surface area contributed by atoms with Crippen molar-refractivity contribution in [3.8, 4) is 0 Å². The molecule has 0 bridgehead atoms. The lowest BCUT2D eigenvalue weighted by Gasteiger charge is -2.14. The van der Waals surface area contributed by atoms with Crippen molar-refractivity contribution in [1.29, 1.82) is 0 Å². The maximum Gasteiger partial charge on any atom is 0.313 e. The molecule has 0 aromatic heterocycles. The van der Waals surface area contributed by atoms with Crippen LogP contribution in [0.2, 0.25) is 0 Å². The van der Waals surface area contributed by atoms with Gasteiger partial charge < -0.3 is 14.9 Å². The number of esters is 1. The molecule has 2 aromatic carbocycles. The number of benzene rings is 2. The minimum Gasteiger partial charge on any atom is -0.462 e. The number of aliphatic hydroxyl groups excluding tert-OH is 2. The van der Waals surface area contributed by atoms with Crippen LogP contribution < -0.4 is 0 Å².